The van der Waals surface area contributed by atoms with Crippen molar-refractivity contribution in [1.82, 2.24) is 0 Å². The van der Waals surface area contributed by atoms with E-state index in [0.29, 0.717) is 12.3 Å². The minimum atomic E-state index is -4.24. The summed E-state index contributed by atoms with van der Waals surface area (Å²) >= 11 is 0. The molecule has 1 unspecified atom stereocenters. The van der Waals surface area contributed by atoms with Crippen LogP contribution in [0.5, 0.6) is 0 Å². The van der Waals surface area contributed by atoms with Crippen LogP contribution < -0.4 is 0 Å². The molecule has 0 bridgehead atoms. The molecule has 0 heterocycles. The average Bonchev–Trinajstić information content (AvgIpc) is 2.67. The van der Waals surface area contributed by atoms with Gasteiger partial charge in [-0.1, -0.05) is 50.8 Å². The van der Waals surface area contributed by atoms with Crippen molar-refractivity contribution >= 4 is 0 Å². The second kappa shape index (κ2) is 9.62. The highest BCUT2D eigenvalue weighted by Gasteiger charge is 2.32. The quantitative estimate of drug-likeness (QED) is 0.469. The lowest BCUT2D eigenvalue weighted by Gasteiger charge is -2.38. The molecular weight excluding hydrogens is 349 g/mol. The maximum atomic E-state index is 12.3. The fourth-order valence-corrected chi connectivity index (χ4v) is 5.53. The lowest BCUT2D eigenvalue weighted by atomic mass is 9.67. The Morgan fingerprint density at radius 2 is 1.59 bits per heavy atom. The van der Waals surface area contributed by atoms with Crippen LogP contribution in [0.25, 0.3) is 0 Å². The second-order valence-corrected chi connectivity index (χ2v) is 8.94. The van der Waals surface area contributed by atoms with Crippen molar-refractivity contribution in [2.24, 2.45) is 23.7 Å². The van der Waals surface area contributed by atoms with E-state index < -0.39 is 18.9 Å². The van der Waals surface area contributed by atoms with Gasteiger partial charge < -0.3 is 4.74 Å². The number of hydrogen-bond donors (Lipinski definition) is 0. The second-order valence-electron chi connectivity index (χ2n) is 8.94. The van der Waals surface area contributed by atoms with Gasteiger partial charge in [0.25, 0.3) is 0 Å². The highest BCUT2D eigenvalue weighted by molar-refractivity contribution is 5.27. The molecule has 0 aromatic rings. The fraction of sp³-hybridized carbons (Fsp3) is 0.826. The van der Waals surface area contributed by atoms with Gasteiger partial charge in [-0.3, -0.25) is 0 Å². The number of hydrogen-bond acceptors (Lipinski definition) is 1. The van der Waals surface area contributed by atoms with E-state index in [1.807, 2.05) is 12.2 Å². The Kier molecular flexibility index (Phi) is 7.47. The van der Waals surface area contributed by atoms with Gasteiger partial charge in [0, 0.05) is 0 Å². The predicted octanol–water partition coefficient (Wildman–Crippen LogP) is 7.23. The average molecular weight is 385 g/mol. The molecule has 0 spiro atoms. The summed E-state index contributed by atoms with van der Waals surface area (Å²) in [6.07, 6.45) is 15.5. The zero-order valence-electron chi connectivity index (χ0n) is 16.6. The lowest BCUT2D eigenvalue weighted by molar-refractivity contribution is -0.180. The van der Waals surface area contributed by atoms with E-state index in [1.54, 1.807) is 0 Å². The van der Waals surface area contributed by atoms with Crippen LogP contribution in [0.1, 0.15) is 77.6 Å². The van der Waals surface area contributed by atoms with Gasteiger partial charge in [-0.25, -0.2) is 0 Å². The lowest BCUT2D eigenvalue weighted by Crippen LogP contribution is -2.27. The molecule has 2 saturated carbocycles. The van der Waals surface area contributed by atoms with E-state index in [-0.39, 0.29) is 0 Å². The number of rotatable bonds is 6. The van der Waals surface area contributed by atoms with Crippen LogP contribution in [0.15, 0.2) is 23.8 Å². The summed E-state index contributed by atoms with van der Waals surface area (Å²) in [5.74, 6) is 3.42. The standard InChI is InChI=1S/C23H35F3O/c1-2-3-17-4-6-18(7-5-17)19-8-10-20(11-9-19)21-12-14-22(15-13-21)27-16-23(24,25)26/h12-14,17-20,22H,2-11,15-16H2,1H3. The minimum absolute atomic E-state index is 0.426. The molecule has 0 aromatic heterocycles. The first-order valence-electron chi connectivity index (χ1n) is 11.0. The Labute approximate surface area is 162 Å². The molecule has 27 heavy (non-hydrogen) atoms. The molecular formula is C23H35F3O. The van der Waals surface area contributed by atoms with E-state index in [2.05, 4.69) is 13.0 Å². The van der Waals surface area contributed by atoms with E-state index in [4.69, 9.17) is 4.74 Å². The van der Waals surface area contributed by atoms with Crippen molar-refractivity contribution in [3.63, 3.8) is 0 Å². The van der Waals surface area contributed by atoms with Crippen molar-refractivity contribution in [1.29, 1.82) is 0 Å². The Hall–Kier alpha value is -0.770. The van der Waals surface area contributed by atoms with Gasteiger partial charge in [-0.15, -0.1) is 0 Å². The summed E-state index contributed by atoms with van der Waals surface area (Å²) in [6.45, 7) is 1.14. The molecule has 2 fully saturated rings. The van der Waals surface area contributed by atoms with Crippen molar-refractivity contribution in [3.8, 4) is 0 Å². The number of alkyl halides is 3. The smallest absolute Gasteiger partial charge is 0.364 e. The zero-order chi connectivity index (χ0) is 19.3. The first-order valence-corrected chi connectivity index (χ1v) is 11.0. The third-order valence-corrected chi connectivity index (χ3v) is 7.05. The summed E-state index contributed by atoms with van der Waals surface area (Å²) in [5, 5.41) is 0. The summed E-state index contributed by atoms with van der Waals surface area (Å²) in [5.41, 5.74) is 1.33. The molecule has 154 valence electrons. The summed E-state index contributed by atoms with van der Waals surface area (Å²) in [4.78, 5) is 0. The Balaban J connectivity index is 1.39. The monoisotopic (exact) mass is 384 g/mol. The predicted molar refractivity (Wildman–Crippen MR) is 103 cm³/mol. The Morgan fingerprint density at radius 3 is 2.11 bits per heavy atom. The topological polar surface area (TPSA) is 9.23 Å². The Morgan fingerprint density at radius 1 is 0.963 bits per heavy atom. The third-order valence-electron chi connectivity index (χ3n) is 7.05. The first-order chi connectivity index (χ1) is 12.9. The molecule has 4 heteroatoms. The molecule has 0 amide bonds. The molecule has 0 saturated heterocycles. The van der Waals surface area contributed by atoms with E-state index in [1.165, 1.54) is 69.8 Å². The minimum Gasteiger partial charge on any atom is -0.364 e. The Bertz CT molecular complexity index is 506. The van der Waals surface area contributed by atoms with Crippen LogP contribution in [0.2, 0.25) is 0 Å². The molecule has 1 atom stereocenters. The van der Waals surface area contributed by atoms with Gasteiger partial charge >= 0.3 is 6.18 Å². The molecule has 1 nitrogen and oxygen atoms in total. The third kappa shape index (κ3) is 6.37. The summed E-state index contributed by atoms with van der Waals surface area (Å²) < 4.78 is 41.7. The number of ether oxygens (including phenoxy) is 1. The van der Waals surface area contributed by atoms with E-state index >= 15 is 0 Å². The van der Waals surface area contributed by atoms with Crippen molar-refractivity contribution in [2.45, 2.75) is 89.8 Å². The first kappa shape index (κ1) is 21.0. The highest BCUT2D eigenvalue weighted by Crippen LogP contribution is 2.44. The maximum Gasteiger partial charge on any atom is 0.411 e. The molecule has 3 rings (SSSR count). The number of halogens is 3. The van der Waals surface area contributed by atoms with Gasteiger partial charge in [0.1, 0.15) is 6.61 Å². The largest absolute Gasteiger partial charge is 0.411 e. The zero-order valence-corrected chi connectivity index (χ0v) is 16.6. The fourth-order valence-electron chi connectivity index (χ4n) is 5.53. The molecule has 0 aliphatic heterocycles. The normalized spacial score (nSPS) is 35.1. The van der Waals surface area contributed by atoms with Gasteiger partial charge in [-0.05, 0) is 74.2 Å². The van der Waals surface area contributed by atoms with Crippen LogP contribution in [-0.4, -0.2) is 18.9 Å². The van der Waals surface area contributed by atoms with Crippen LogP contribution in [0, 0.1) is 23.7 Å². The van der Waals surface area contributed by atoms with Gasteiger partial charge in [0.15, 0.2) is 0 Å². The van der Waals surface area contributed by atoms with Crippen LogP contribution >= 0.6 is 0 Å². The van der Waals surface area contributed by atoms with Crippen molar-refractivity contribution in [2.75, 3.05) is 6.61 Å². The number of allylic oxidation sites excluding steroid dienone is 2. The highest BCUT2D eigenvalue weighted by atomic mass is 19.4. The SMILES string of the molecule is CCCC1CCC(C2CCC(C3=CCC(OCC(F)(F)F)C=C3)CC2)CC1. The van der Waals surface area contributed by atoms with E-state index in [9.17, 15) is 13.2 Å². The van der Waals surface area contributed by atoms with Gasteiger partial charge in [-0.2, -0.15) is 13.2 Å². The molecule has 3 aliphatic carbocycles. The van der Waals surface area contributed by atoms with Crippen LogP contribution in [-0.2, 0) is 4.74 Å². The maximum absolute atomic E-state index is 12.3. The summed E-state index contributed by atoms with van der Waals surface area (Å²) in [6, 6.07) is 0. The summed E-state index contributed by atoms with van der Waals surface area (Å²) in [7, 11) is 0. The molecule has 3 aliphatic rings. The van der Waals surface area contributed by atoms with Crippen LogP contribution in [0.3, 0.4) is 0 Å². The molecule has 0 aromatic carbocycles. The van der Waals surface area contributed by atoms with Crippen molar-refractivity contribution < 1.29 is 17.9 Å². The van der Waals surface area contributed by atoms with E-state index in [0.717, 1.165) is 17.8 Å². The molecule has 0 radical (unpaired) electrons. The van der Waals surface area contributed by atoms with Crippen molar-refractivity contribution in [3.05, 3.63) is 23.8 Å². The van der Waals surface area contributed by atoms with Gasteiger partial charge in [0.2, 0.25) is 0 Å². The van der Waals surface area contributed by atoms with Gasteiger partial charge in [0.05, 0.1) is 6.10 Å². The molecule has 0 N–H and O–H groups in total. The van der Waals surface area contributed by atoms with Crippen LogP contribution in [0.4, 0.5) is 13.2 Å².